The molecule has 1 aliphatic heterocycles. The molecule has 0 saturated heterocycles. The summed E-state index contributed by atoms with van der Waals surface area (Å²) in [5.41, 5.74) is -0.283. The molecule has 3 rings (SSSR count). The van der Waals surface area contributed by atoms with Gasteiger partial charge in [0.1, 0.15) is 29.9 Å². The van der Waals surface area contributed by atoms with Crippen molar-refractivity contribution in [3.8, 4) is 5.75 Å². The number of hydrogen-bond donors (Lipinski definition) is 3. The topological polar surface area (TPSA) is 95.9 Å². The van der Waals surface area contributed by atoms with Crippen LogP contribution < -0.4 is 10.1 Å². The van der Waals surface area contributed by atoms with Crippen LogP contribution in [0.25, 0.3) is 0 Å². The second kappa shape index (κ2) is 7.50. The van der Waals surface area contributed by atoms with Gasteiger partial charge in [0.05, 0.1) is 11.1 Å². The molecule has 3 N–H and O–H groups in total. The first-order chi connectivity index (χ1) is 13.1. The minimum Gasteiger partial charge on any atom is -0.485 e. The quantitative estimate of drug-likeness (QED) is 0.677. The fourth-order valence-electron chi connectivity index (χ4n) is 3.08. The largest absolute Gasteiger partial charge is 0.485 e. The summed E-state index contributed by atoms with van der Waals surface area (Å²) in [5.74, 6) is -1.33. The molecular weight excluding hydrogens is 389 g/mol. The van der Waals surface area contributed by atoms with Gasteiger partial charge in [-0.3, -0.25) is 9.59 Å². The number of nitrogens with one attached hydrogen (secondary N) is 1. The Morgan fingerprint density at radius 1 is 1.21 bits per heavy atom. The number of fused-ring (bicyclic) bond motifs is 1. The first-order valence-electron chi connectivity index (χ1n) is 8.55. The average molecular weight is 408 g/mol. The second-order valence-electron chi connectivity index (χ2n) is 7.06. The lowest BCUT2D eigenvalue weighted by Crippen LogP contribution is -2.53. The Balaban J connectivity index is 1.99. The van der Waals surface area contributed by atoms with Gasteiger partial charge in [0.15, 0.2) is 5.78 Å². The van der Waals surface area contributed by atoms with E-state index in [-0.39, 0.29) is 16.1 Å². The summed E-state index contributed by atoms with van der Waals surface area (Å²) in [4.78, 5) is 24.5. The number of aliphatic hydroxyl groups is 2. The zero-order valence-electron chi connectivity index (χ0n) is 15.2. The van der Waals surface area contributed by atoms with Crippen molar-refractivity contribution < 1.29 is 28.9 Å². The van der Waals surface area contributed by atoms with Gasteiger partial charge in [0.2, 0.25) is 0 Å². The summed E-state index contributed by atoms with van der Waals surface area (Å²) in [7, 11) is 0. The van der Waals surface area contributed by atoms with Crippen molar-refractivity contribution in [3.63, 3.8) is 0 Å². The van der Waals surface area contributed by atoms with Crippen LogP contribution in [0.3, 0.4) is 0 Å². The van der Waals surface area contributed by atoms with Crippen LogP contribution in [0.1, 0.15) is 46.2 Å². The molecule has 0 spiro atoms. The Labute approximate surface area is 165 Å². The monoisotopic (exact) mass is 407 g/mol. The third kappa shape index (κ3) is 3.73. The van der Waals surface area contributed by atoms with E-state index in [0.29, 0.717) is 11.3 Å². The van der Waals surface area contributed by atoms with E-state index in [1.165, 1.54) is 24.3 Å². The van der Waals surface area contributed by atoms with Crippen molar-refractivity contribution in [1.82, 2.24) is 5.32 Å². The number of halogens is 2. The molecule has 0 bridgehead atoms. The summed E-state index contributed by atoms with van der Waals surface area (Å²) in [6, 6.07) is 7.17. The lowest BCUT2D eigenvalue weighted by atomic mass is 9.85. The normalized spacial score (nSPS) is 20.1. The molecule has 0 aromatic heterocycles. The minimum absolute atomic E-state index is 0.118. The molecule has 8 heteroatoms. The number of Topliss-reactive ketones (excluding diaryl/α,β-unsaturated/α-hetero) is 1. The van der Waals surface area contributed by atoms with Crippen molar-refractivity contribution in [2.24, 2.45) is 0 Å². The average Bonchev–Trinajstić information content (AvgIpc) is 2.66. The third-order valence-corrected chi connectivity index (χ3v) is 4.97. The van der Waals surface area contributed by atoms with Gasteiger partial charge >= 0.3 is 0 Å². The first-order valence-corrected chi connectivity index (χ1v) is 8.93. The lowest BCUT2D eigenvalue weighted by Gasteiger charge is -2.42. The van der Waals surface area contributed by atoms with E-state index in [4.69, 9.17) is 21.4 Å². The van der Waals surface area contributed by atoms with E-state index in [1.54, 1.807) is 19.9 Å². The molecule has 6 nitrogen and oxygen atoms in total. The van der Waals surface area contributed by atoms with Gasteiger partial charge < -0.3 is 20.3 Å². The number of carbonyl (C=O) groups excluding carboxylic acids is 2. The molecule has 1 amide bonds. The molecular formula is C20H19ClFNO5. The van der Waals surface area contributed by atoms with E-state index in [1.807, 2.05) is 0 Å². The van der Waals surface area contributed by atoms with Crippen LogP contribution in [0.2, 0.25) is 5.02 Å². The number of amides is 1. The van der Waals surface area contributed by atoms with Crippen LogP contribution in [-0.4, -0.2) is 40.2 Å². The molecule has 1 aliphatic rings. The SMILES string of the molecule is CC1(C)Oc2ccc(C(=O)CO)cc2[C@H](NC(=O)c2ccc(F)c(Cl)c2)[C@@H]1O. The van der Waals surface area contributed by atoms with Gasteiger partial charge in [-0.1, -0.05) is 11.6 Å². The van der Waals surface area contributed by atoms with Crippen molar-refractivity contribution >= 4 is 23.3 Å². The molecule has 0 saturated carbocycles. The Morgan fingerprint density at radius 3 is 2.54 bits per heavy atom. The van der Waals surface area contributed by atoms with Crippen molar-refractivity contribution in [2.75, 3.05) is 6.61 Å². The maximum atomic E-state index is 13.4. The maximum absolute atomic E-state index is 13.4. The number of aliphatic hydroxyl groups excluding tert-OH is 2. The highest BCUT2D eigenvalue weighted by Gasteiger charge is 2.43. The van der Waals surface area contributed by atoms with Gasteiger partial charge in [0, 0.05) is 16.7 Å². The Bertz CT molecular complexity index is 946. The standard InChI is InChI=1S/C20H19ClFNO5/c1-20(2)18(26)17(23-19(27)11-3-5-14(22)13(21)8-11)12-7-10(15(25)9-24)4-6-16(12)28-20/h3-8,17-18,24,26H,9H2,1-2H3,(H,23,27)/t17-,18-/m0/s1. The van der Waals surface area contributed by atoms with Crippen LogP contribution in [-0.2, 0) is 0 Å². The molecule has 0 radical (unpaired) electrons. The highest BCUT2D eigenvalue weighted by atomic mass is 35.5. The molecule has 28 heavy (non-hydrogen) atoms. The van der Waals surface area contributed by atoms with Crippen LogP contribution in [0.5, 0.6) is 5.75 Å². The van der Waals surface area contributed by atoms with Crippen LogP contribution >= 0.6 is 11.6 Å². The fourth-order valence-corrected chi connectivity index (χ4v) is 3.26. The Kier molecular flexibility index (Phi) is 5.43. The van der Waals surface area contributed by atoms with Crippen molar-refractivity contribution in [3.05, 3.63) is 63.9 Å². The fraction of sp³-hybridized carbons (Fsp3) is 0.300. The number of hydrogen-bond acceptors (Lipinski definition) is 5. The van der Waals surface area contributed by atoms with Crippen LogP contribution in [0, 0.1) is 5.82 Å². The minimum atomic E-state index is -1.14. The van der Waals surface area contributed by atoms with E-state index in [2.05, 4.69) is 5.32 Å². The molecule has 148 valence electrons. The van der Waals surface area contributed by atoms with Gasteiger partial charge in [0.25, 0.3) is 5.91 Å². The highest BCUT2D eigenvalue weighted by Crippen LogP contribution is 2.40. The summed E-state index contributed by atoms with van der Waals surface area (Å²) in [6.07, 6.45) is -1.14. The molecule has 0 aliphatic carbocycles. The highest BCUT2D eigenvalue weighted by molar-refractivity contribution is 6.31. The third-order valence-electron chi connectivity index (χ3n) is 4.68. The van der Waals surface area contributed by atoms with Crippen molar-refractivity contribution in [1.29, 1.82) is 0 Å². The van der Waals surface area contributed by atoms with Gasteiger partial charge in [-0.15, -0.1) is 0 Å². The van der Waals surface area contributed by atoms with Gasteiger partial charge in [-0.2, -0.15) is 0 Å². The van der Waals surface area contributed by atoms with E-state index in [9.17, 15) is 19.1 Å². The number of ether oxygens (including phenoxy) is 1. The zero-order valence-corrected chi connectivity index (χ0v) is 16.0. The molecule has 2 aromatic rings. The predicted molar refractivity (Wildman–Crippen MR) is 100 cm³/mol. The number of rotatable bonds is 4. The van der Waals surface area contributed by atoms with Gasteiger partial charge in [-0.25, -0.2) is 4.39 Å². The van der Waals surface area contributed by atoms with Gasteiger partial charge in [-0.05, 0) is 50.2 Å². The Hall–Kier alpha value is -2.48. The summed E-state index contributed by atoms with van der Waals surface area (Å²) in [6.45, 7) is 2.67. The molecule has 0 unspecified atom stereocenters. The predicted octanol–water partition coefficient (Wildman–Crippen LogP) is 2.66. The summed E-state index contributed by atoms with van der Waals surface area (Å²) >= 11 is 5.74. The smallest absolute Gasteiger partial charge is 0.251 e. The molecule has 2 atom stereocenters. The molecule has 2 aromatic carbocycles. The first kappa shape index (κ1) is 20.3. The maximum Gasteiger partial charge on any atom is 0.251 e. The molecule has 1 heterocycles. The van der Waals surface area contributed by atoms with Crippen molar-refractivity contribution in [2.45, 2.75) is 31.6 Å². The van der Waals surface area contributed by atoms with E-state index in [0.717, 1.165) is 6.07 Å². The summed E-state index contributed by atoms with van der Waals surface area (Å²) in [5, 5.41) is 22.4. The summed E-state index contributed by atoms with van der Waals surface area (Å²) < 4.78 is 19.2. The number of ketones is 1. The number of benzene rings is 2. The van der Waals surface area contributed by atoms with Crippen LogP contribution in [0.4, 0.5) is 4.39 Å². The zero-order chi connectivity index (χ0) is 20.6. The molecule has 0 fully saturated rings. The lowest BCUT2D eigenvalue weighted by molar-refractivity contribution is -0.0627. The van der Waals surface area contributed by atoms with E-state index >= 15 is 0 Å². The number of carbonyl (C=O) groups is 2. The Morgan fingerprint density at radius 2 is 1.89 bits per heavy atom. The van der Waals surface area contributed by atoms with Crippen LogP contribution in [0.15, 0.2) is 36.4 Å². The van der Waals surface area contributed by atoms with E-state index < -0.39 is 41.9 Å². The second-order valence-corrected chi connectivity index (χ2v) is 7.47.